The highest BCUT2D eigenvalue weighted by atomic mass is 15.1. The number of nitrogens with one attached hydrogen (secondary N) is 1. The second kappa shape index (κ2) is 5.12. The van der Waals surface area contributed by atoms with Crippen LogP contribution in [0.3, 0.4) is 0 Å². The summed E-state index contributed by atoms with van der Waals surface area (Å²) in [6.45, 7) is 4.20. The molecule has 0 radical (unpaired) electrons. The Morgan fingerprint density at radius 3 is 3.00 bits per heavy atom. The Labute approximate surface area is 91.2 Å². The molecular weight excluding hydrogens is 186 g/mol. The number of hydrogen-bond acceptors (Lipinski definition) is 2. The minimum atomic E-state index is 0.634. The quantitative estimate of drug-likeness (QED) is 0.746. The van der Waals surface area contributed by atoms with E-state index in [-0.39, 0.29) is 0 Å². The van der Waals surface area contributed by atoms with Crippen LogP contribution in [0.5, 0.6) is 0 Å². The fourth-order valence-electron chi connectivity index (χ4n) is 1.97. The maximum atomic E-state index is 4.19. The Balaban J connectivity index is 1.84. The van der Waals surface area contributed by atoms with Crippen LogP contribution in [-0.4, -0.2) is 15.6 Å². The standard InChI is InChI=1S/C12H19N3/c1-2-7-15-10-13-8-12(15)9-14-11-5-3-4-6-11/h3-4,8,10-11,14H,2,5-7,9H2,1H3. The van der Waals surface area contributed by atoms with Crippen LogP contribution in [0.15, 0.2) is 24.7 Å². The highest BCUT2D eigenvalue weighted by Crippen LogP contribution is 2.10. The summed E-state index contributed by atoms with van der Waals surface area (Å²) in [5.74, 6) is 0. The molecule has 82 valence electrons. The molecule has 3 nitrogen and oxygen atoms in total. The van der Waals surface area contributed by atoms with E-state index in [1.165, 1.54) is 18.5 Å². The van der Waals surface area contributed by atoms with Gasteiger partial charge in [0, 0.05) is 25.3 Å². The monoisotopic (exact) mass is 205 g/mol. The Morgan fingerprint density at radius 1 is 1.47 bits per heavy atom. The first-order valence-electron chi connectivity index (χ1n) is 5.77. The normalized spacial score (nSPS) is 16.3. The molecule has 0 aromatic carbocycles. The molecule has 1 N–H and O–H groups in total. The molecule has 0 aliphatic heterocycles. The lowest BCUT2D eigenvalue weighted by Gasteiger charge is -2.13. The van der Waals surface area contributed by atoms with Gasteiger partial charge in [-0.05, 0) is 19.3 Å². The minimum Gasteiger partial charge on any atom is -0.333 e. The van der Waals surface area contributed by atoms with Crippen molar-refractivity contribution < 1.29 is 0 Å². The maximum Gasteiger partial charge on any atom is 0.0948 e. The topological polar surface area (TPSA) is 29.9 Å². The van der Waals surface area contributed by atoms with Gasteiger partial charge in [0.25, 0.3) is 0 Å². The highest BCUT2D eigenvalue weighted by molar-refractivity contribution is 5.01. The lowest BCUT2D eigenvalue weighted by Crippen LogP contribution is -2.26. The van der Waals surface area contributed by atoms with Crippen molar-refractivity contribution in [1.29, 1.82) is 0 Å². The van der Waals surface area contributed by atoms with Crippen molar-refractivity contribution in [3.8, 4) is 0 Å². The van der Waals surface area contributed by atoms with E-state index in [2.05, 4.69) is 33.9 Å². The van der Waals surface area contributed by atoms with Crippen LogP contribution in [0, 0.1) is 0 Å². The molecule has 1 heterocycles. The summed E-state index contributed by atoms with van der Waals surface area (Å²) >= 11 is 0. The van der Waals surface area contributed by atoms with Crippen molar-refractivity contribution in [2.24, 2.45) is 0 Å². The van der Waals surface area contributed by atoms with E-state index >= 15 is 0 Å². The van der Waals surface area contributed by atoms with Gasteiger partial charge in [0.2, 0.25) is 0 Å². The molecule has 0 saturated carbocycles. The second-order valence-corrected chi connectivity index (χ2v) is 4.10. The predicted molar refractivity (Wildman–Crippen MR) is 61.5 cm³/mol. The average molecular weight is 205 g/mol. The number of aromatic nitrogens is 2. The van der Waals surface area contributed by atoms with Crippen LogP contribution in [0.2, 0.25) is 0 Å². The Hall–Kier alpha value is -1.09. The molecule has 1 aromatic rings. The van der Waals surface area contributed by atoms with Crippen molar-refractivity contribution >= 4 is 0 Å². The SMILES string of the molecule is CCCn1cncc1CNC1CC=CC1. The van der Waals surface area contributed by atoms with Crippen LogP contribution in [0.4, 0.5) is 0 Å². The average Bonchev–Trinajstić information content (AvgIpc) is 2.85. The van der Waals surface area contributed by atoms with Gasteiger partial charge in [-0.2, -0.15) is 0 Å². The van der Waals surface area contributed by atoms with Gasteiger partial charge in [0.1, 0.15) is 0 Å². The van der Waals surface area contributed by atoms with E-state index in [1.807, 2.05) is 12.5 Å². The van der Waals surface area contributed by atoms with Gasteiger partial charge in [-0.1, -0.05) is 19.1 Å². The molecule has 0 amide bonds. The third kappa shape index (κ3) is 2.69. The van der Waals surface area contributed by atoms with E-state index in [1.54, 1.807) is 0 Å². The van der Waals surface area contributed by atoms with Gasteiger partial charge >= 0.3 is 0 Å². The third-order valence-corrected chi connectivity index (χ3v) is 2.84. The van der Waals surface area contributed by atoms with Crippen molar-refractivity contribution in [2.45, 2.75) is 45.3 Å². The molecular formula is C12H19N3. The molecule has 1 aliphatic carbocycles. The number of nitrogens with zero attached hydrogens (tertiary/aromatic N) is 2. The first-order chi connectivity index (χ1) is 7.40. The van der Waals surface area contributed by atoms with Crippen LogP contribution in [0.1, 0.15) is 31.9 Å². The summed E-state index contributed by atoms with van der Waals surface area (Å²) in [5, 5.41) is 3.56. The lowest BCUT2D eigenvalue weighted by molar-refractivity contribution is 0.516. The first kappa shape index (κ1) is 10.4. The van der Waals surface area contributed by atoms with Crippen molar-refractivity contribution in [1.82, 2.24) is 14.9 Å². The first-order valence-corrected chi connectivity index (χ1v) is 5.77. The molecule has 0 fully saturated rings. The molecule has 1 aliphatic rings. The second-order valence-electron chi connectivity index (χ2n) is 4.10. The van der Waals surface area contributed by atoms with E-state index in [0.717, 1.165) is 19.5 Å². The molecule has 2 rings (SSSR count). The van der Waals surface area contributed by atoms with Crippen molar-refractivity contribution in [2.75, 3.05) is 0 Å². The number of aryl methyl sites for hydroxylation is 1. The van der Waals surface area contributed by atoms with Gasteiger partial charge in [0.15, 0.2) is 0 Å². The Morgan fingerprint density at radius 2 is 2.27 bits per heavy atom. The number of imidazole rings is 1. The molecule has 15 heavy (non-hydrogen) atoms. The van der Waals surface area contributed by atoms with Crippen LogP contribution in [-0.2, 0) is 13.1 Å². The summed E-state index contributed by atoms with van der Waals surface area (Å²) < 4.78 is 2.23. The van der Waals surface area contributed by atoms with E-state index in [4.69, 9.17) is 0 Å². The zero-order valence-electron chi connectivity index (χ0n) is 9.32. The van der Waals surface area contributed by atoms with Gasteiger partial charge in [-0.25, -0.2) is 4.98 Å². The minimum absolute atomic E-state index is 0.634. The molecule has 0 spiro atoms. The van der Waals surface area contributed by atoms with Gasteiger partial charge in [-0.3, -0.25) is 0 Å². The Kier molecular flexibility index (Phi) is 3.56. The summed E-state index contributed by atoms with van der Waals surface area (Å²) in [6.07, 6.45) is 11.9. The van der Waals surface area contributed by atoms with E-state index < -0.39 is 0 Å². The molecule has 0 atom stereocenters. The number of rotatable bonds is 5. The largest absolute Gasteiger partial charge is 0.333 e. The van der Waals surface area contributed by atoms with E-state index in [0.29, 0.717) is 6.04 Å². The van der Waals surface area contributed by atoms with Crippen LogP contribution in [0.25, 0.3) is 0 Å². The van der Waals surface area contributed by atoms with Crippen molar-refractivity contribution in [3.63, 3.8) is 0 Å². The van der Waals surface area contributed by atoms with Crippen LogP contribution < -0.4 is 5.32 Å². The zero-order chi connectivity index (χ0) is 10.5. The molecule has 0 bridgehead atoms. The van der Waals surface area contributed by atoms with Crippen LogP contribution >= 0.6 is 0 Å². The lowest BCUT2D eigenvalue weighted by atomic mass is 10.2. The Bertz CT molecular complexity index is 319. The molecule has 0 unspecified atom stereocenters. The predicted octanol–water partition coefficient (Wildman–Crippen LogP) is 2.10. The zero-order valence-corrected chi connectivity index (χ0v) is 9.32. The summed E-state index contributed by atoms with van der Waals surface area (Å²) in [7, 11) is 0. The molecule has 3 heteroatoms. The van der Waals surface area contributed by atoms with Crippen molar-refractivity contribution in [3.05, 3.63) is 30.4 Å². The van der Waals surface area contributed by atoms with Gasteiger partial charge < -0.3 is 9.88 Å². The summed E-state index contributed by atoms with van der Waals surface area (Å²) in [5.41, 5.74) is 1.30. The summed E-state index contributed by atoms with van der Waals surface area (Å²) in [6, 6.07) is 0.634. The fourth-order valence-corrected chi connectivity index (χ4v) is 1.97. The number of hydrogen-bond donors (Lipinski definition) is 1. The highest BCUT2D eigenvalue weighted by Gasteiger charge is 2.10. The maximum absolute atomic E-state index is 4.19. The van der Waals surface area contributed by atoms with Gasteiger partial charge in [0.05, 0.1) is 12.0 Å². The summed E-state index contributed by atoms with van der Waals surface area (Å²) in [4.78, 5) is 4.19. The van der Waals surface area contributed by atoms with Gasteiger partial charge in [-0.15, -0.1) is 0 Å². The third-order valence-electron chi connectivity index (χ3n) is 2.84. The fraction of sp³-hybridized carbons (Fsp3) is 0.583. The van der Waals surface area contributed by atoms with E-state index in [9.17, 15) is 0 Å². The molecule has 0 saturated heterocycles. The smallest absolute Gasteiger partial charge is 0.0948 e. The molecule has 1 aromatic heterocycles.